The van der Waals surface area contributed by atoms with Gasteiger partial charge >= 0.3 is 0 Å². The van der Waals surface area contributed by atoms with Gasteiger partial charge in [-0.05, 0) is 42.9 Å². The van der Waals surface area contributed by atoms with Crippen LogP contribution in [-0.2, 0) is 11.3 Å². The Labute approximate surface area is 116 Å². The number of likely N-dealkylation sites (N-methyl/N-ethyl adjacent to an activating group) is 1. The smallest absolute Gasteiger partial charge is 0.234 e. The van der Waals surface area contributed by atoms with E-state index in [1.165, 1.54) is 0 Å². The number of hydrogen-bond acceptors (Lipinski definition) is 3. The van der Waals surface area contributed by atoms with Crippen molar-refractivity contribution >= 4 is 21.8 Å². The van der Waals surface area contributed by atoms with Gasteiger partial charge in [0.15, 0.2) is 0 Å². The second-order valence-corrected chi connectivity index (χ2v) is 5.50. The third kappa shape index (κ3) is 4.66. The molecule has 1 aromatic rings. The fourth-order valence-corrected chi connectivity index (χ4v) is 2.05. The van der Waals surface area contributed by atoms with Crippen LogP contribution in [0.1, 0.15) is 19.4 Å². The SMILES string of the molecule is CC(C)NC(=O)CN(C)Cc1cccc(Br)c1O. The maximum Gasteiger partial charge on any atom is 0.234 e. The molecule has 0 saturated heterocycles. The molecule has 1 aromatic carbocycles. The van der Waals surface area contributed by atoms with Gasteiger partial charge in [0, 0.05) is 18.2 Å². The van der Waals surface area contributed by atoms with Crippen LogP contribution in [0.3, 0.4) is 0 Å². The van der Waals surface area contributed by atoms with Crippen molar-refractivity contribution in [3.05, 3.63) is 28.2 Å². The van der Waals surface area contributed by atoms with Crippen molar-refractivity contribution in [1.29, 1.82) is 0 Å². The first-order valence-corrected chi connectivity index (χ1v) is 6.63. The molecule has 0 unspecified atom stereocenters. The molecule has 4 nitrogen and oxygen atoms in total. The lowest BCUT2D eigenvalue weighted by atomic mass is 10.2. The minimum absolute atomic E-state index is 0.0120. The zero-order valence-corrected chi connectivity index (χ0v) is 12.5. The lowest BCUT2D eigenvalue weighted by molar-refractivity contribution is -0.122. The highest BCUT2D eigenvalue weighted by atomic mass is 79.9. The molecule has 100 valence electrons. The Morgan fingerprint density at radius 3 is 2.78 bits per heavy atom. The van der Waals surface area contributed by atoms with Crippen molar-refractivity contribution < 1.29 is 9.90 Å². The molecule has 0 aliphatic heterocycles. The summed E-state index contributed by atoms with van der Waals surface area (Å²) in [5, 5.41) is 12.7. The Kier molecular flexibility index (Phi) is 5.62. The molecule has 0 fully saturated rings. The Morgan fingerprint density at radius 1 is 1.50 bits per heavy atom. The van der Waals surface area contributed by atoms with Gasteiger partial charge in [0.1, 0.15) is 5.75 Å². The zero-order valence-electron chi connectivity index (χ0n) is 10.9. The molecular weight excluding hydrogens is 296 g/mol. The van der Waals surface area contributed by atoms with Crippen LogP contribution in [-0.4, -0.2) is 35.5 Å². The van der Waals surface area contributed by atoms with Gasteiger partial charge in [0.05, 0.1) is 11.0 Å². The summed E-state index contributed by atoms with van der Waals surface area (Å²) in [5.74, 6) is 0.218. The number of benzene rings is 1. The number of para-hydroxylation sites is 1. The largest absolute Gasteiger partial charge is 0.506 e. The van der Waals surface area contributed by atoms with Gasteiger partial charge < -0.3 is 10.4 Å². The molecule has 0 heterocycles. The van der Waals surface area contributed by atoms with E-state index >= 15 is 0 Å². The standard InChI is InChI=1S/C13H19BrN2O2/c1-9(2)15-12(17)8-16(3)7-10-5-4-6-11(14)13(10)18/h4-6,9,18H,7-8H2,1-3H3,(H,15,17). The summed E-state index contributed by atoms with van der Waals surface area (Å²) >= 11 is 3.27. The molecule has 0 atom stereocenters. The van der Waals surface area contributed by atoms with Crippen molar-refractivity contribution in [3.8, 4) is 5.75 Å². The highest BCUT2D eigenvalue weighted by Gasteiger charge is 2.11. The summed E-state index contributed by atoms with van der Waals surface area (Å²) in [6.45, 7) is 4.69. The first-order valence-electron chi connectivity index (χ1n) is 5.84. The fourth-order valence-electron chi connectivity index (χ4n) is 1.65. The number of carbonyl (C=O) groups is 1. The molecular formula is C13H19BrN2O2. The van der Waals surface area contributed by atoms with Crippen LogP contribution in [0, 0.1) is 0 Å². The van der Waals surface area contributed by atoms with Gasteiger partial charge in [-0.3, -0.25) is 9.69 Å². The lowest BCUT2D eigenvalue weighted by Crippen LogP contribution is -2.38. The molecule has 1 rings (SSSR count). The van der Waals surface area contributed by atoms with Gasteiger partial charge in [-0.25, -0.2) is 0 Å². The summed E-state index contributed by atoms with van der Waals surface area (Å²) in [6.07, 6.45) is 0. The van der Waals surface area contributed by atoms with Crippen molar-refractivity contribution in [2.75, 3.05) is 13.6 Å². The van der Waals surface area contributed by atoms with Crippen LogP contribution in [0.25, 0.3) is 0 Å². The predicted octanol–water partition coefficient (Wildman–Crippen LogP) is 2.11. The fraction of sp³-hybridized carbons (Fsp3) is 0.462. The van der Waals surface area contributed by atoms with Gasteiger partial charge in [0.2, 0.25) is 5.91 Å². The van der Waals surface area contributed by atoms with Crippen LogP contribution in [0.15, 0.2) is 22.7 Å². The number of nitrogens with one attached hydrogen (secondary N) is 1. The summed E-state index contributed by atoms with van der Waals surface area (Å²) < 4.78 is 0.667. The molecule has 5 heteroatoms. The number of phenols is 1. The Balaban J connectivity index is 2.57. The number of aromatic hydroxyl groups is 1. The van der Waals surface area contributed by atoms with Crippen LogP contribution in [0.4, 0.5) is 0 Å². The van der Waals surface area contributed by atoms with Gasteiger partial charge in [-0.2, -0.15) is 0 Å². The molecule has 1 amide bonds. The first-order chi connectivity index (χ1) is 8.40. The van der Waals surface area contributed by atoms with Crippen molar-refractivity contribution in [1.82, 2.24) is 10.2 Å². The molecule has 18 heavy (non-hydrogen) atoms. The maximum atomic E-state index is 11.6. The molecule has 0 aliphatic rings. The van der Waals surface area contributed by atoms with E-state index in [1.807, 2.05) is 37.9 Å². The van der Waals surface area contributed by atoms with E-state index in [9.17, 15) is 9.90 Å². The second-order valence-electron chi connectivity index (χ2n) is 4.64. The zero-order chi connectivity index (χ0) is 13.7. The van der Waals surface area contributed by atoms with E-state index in [-0.39, 0.29) is 17.7 Å². The molecule has 2 N–H and O–H groups in total. The van der Waals surface area contributed by atoms with Crippen LogP contribution >= 0.6 is 15.9 Å². The molecule has 0 aromatic heterocycles. The van der Waals surface area contributed by atoms with Crippen molar-refractivity contribution in [2.24, 2.45) is 0 Å². The van der Waals surface area contributed by atoms with Crippen molar-refractivity contribution in [2.45, 2.75) is 26.4 Å². The van der Waals surface area contributed by atoms with Gasteiger partial charge in [-0.15, -0.1) is 0 Å². The maximum absolute atomic E-state index is 11.6. The number of hydrogen-bond donors (Lipinski definition) is 2. The summed E-state index contributed by atoms with van der Waals surface area (Å²) in [4.78, 5) is 13.4. The number of phenolic OH excluding ortho intramolecular Hbond substituents is 1. The van der Waals surface area contributed by atoms with Crippen LogP contribution in [0.5, 0.6) is 5.75 Å². The molecule has 0 bridgehead atoms. The number of carbonyl (C=O) groups excluding carboxylic acids is 1. The highest BCUT2D eigenvalue weighted by Crippen LogP contribution is 2.27. The minimum Gasteiger partial charge on any atom is -0.506 e. The summed E-state index contributed by atoms with van der Waals surface area (Å²) in [5.41, 5.74) is 0.796. The van der Waals surface area contributed by atoms with Crippen molar-refractivity contribution in [3.63, 3.8) is 0 Å². The summed E-state index contributed by atoms with van der Waals surface area (Å²) in [6, 6.07) is 5.63. The first kappa shape index (κ1) is 15.0. The highest BCUT2D eigenvalue weighted by molar-refractivity contribution is 9.10. The average Bonchev–Trinajstić information content (AvgIpc) is 2.23. The number of amides is 1. The number of rotatable bonds is 5. The van der Waals surface area contributed by atoms with Crippen LogP contribution < -0.4 is 5.32 Å². The third-order valence-electron chi connectivity index (χ3n) is 2.37. The number of halogens is 1. The lowest BCUT2D eigenvalue weighted by Gasteiger charge is -2.18. The van der Waals surface area contributed by atoms with E-state index in [1.54, 1.807) is 6.07 Å². The van der Waals surface area contributed by atoms with E-state index in [0.717, 1.165) is 5.56 Å². The Bertz CT molecular complexity index is 421. The third-order valence-corrected chi connectivity index (χ3v) is 3.01. The Hall–Kier alpha value is -1.07. The average molecular weight is 315 g/mol. The summed E-state index contributed by atoms with van der Waals surface area (Å²) in [7, 11) is 1.85. The molecule has 0 spiro atoms. The molecule has 0 saturated carbocycles. The topological polar surface area (TPSA) is 52.6 Å². The van der Waals surface area contributed by atoms with E-state index < -0.39 is 0 Å². The second kappa shape index (κ2) is 6.75. The molecule has 0 radical (unpaired) electrons. The van der Waals surface area contributed by atoms with E-state index in [0.29, 0.717) is 17.6 Å². The monoisotopic (exact) mass is 314 g/mol. The van der Waals surface area contributed by atoms with Gasteiger partial charge in [0.25, 0.3) is 0 Å². The Morgan fingerprint density at radius 2 is 2.17 bits per heavy atom. The minimum atomic E-state index is -0.0120. The molecule has 0 aliphatic carbocycles. The van der Waals surface area contributed by atoms with Gasteiger partial charge in [-0.1, -0.05) is 12.1 Å². The van der Waals surface area contributed by atoms with E-state index in [2.05, 4.69) is 21.2 Å². The van der Waals surface area contributed by atoms with E-state index in [4.69, 9.17) is 0 Å². The predicted molar refractivity (Wildman–Crippen MR) is 75.4 cm³/mol. The number of nitrogens with zero attached hydrogens (tertiary/aromatic N) is 1. The van der Waals surface area contributed by atoms with Crippen LogP contribution in [0.2, 0.25) is 0 Å². The quantitative estimate of drug-likeness (QED) is 0.875. The normalized spacial score (nSPS) is 11.0.